The number of amides is 1. The highest BCUT2D eigenvalue weighted by Crippen LogP contribution is 2.42. The van der Waals surface area contributed by atoms with Crippen molar-refractivity contribution < 1.29 is 33.6 Å². The minimum absolute atomic E-state index is 0.139. The zero-order chi connectivity index (χ0) is 21.7. The summed E-state index contributed by atoms with van der Waals surface area (Å²) < 4.78 is 21.4. The lowest BCUT2D eigenvalue weighted by molar-refractivity contribution is -0.305. The van der Waals surface area contributed by atoms with E-state index in [0.717, 1.165) is 11.1 Å². The minimum Gasteiger partial charge on any atom is -0.550 e. The molecule has 1 aliphatic heterocycles. The van der Waals surface area contributed by atoms with Gasteiger partial charge in [0.2, 0.25) is 18.4 Å². The first kappa shape index (κ1) is 21.0. The molecule has 0 saturated heterocycles. The number of fused-ring (bicyclic) bond motifs is 1. The van der Waals surface area contributed by atoms with Crippen LogP contribution in [-0.2, 0) is 9.59 Å². The smallest absolute Gasteiger partial charge is 0.241 e. The van der Waals surface area contributed by atoms with E-state index < -0.39 is 24.3 Å². The Hall–Kier alpha value is -3.72. The summed E-state index contributed by atoms with van der Waals surface area (Å²) in [6, 6.07) is 7.57. The van der Waals surface area contributed by atoms with Crippen LogP contribution in [0, 0.1) is 0 Å². The van der Waals surface area contributed by atoms with E-state index in [9.17, 15) is 14.7 Å². The van der Waals surface area contributed by atoms with Crippen LogP contribution in [-0.4, -0.2) is 38.9 Å². The third-order valence-corrected chi connectivity index (χ3v) is 4.35. The number of carboxylic acids is 1. The van der Waals surface area contributed by atoms with E-state index in [-0.39, 0.29) is 6.79 Å². The Balaban J connectivity index is 1.81. The van der Waals surface area contributed by atoms with Crippen molar-refractivity contribution in [3.63, 3.8) is 0 Å². The molecule has 0 spiro atoms. The Morgan fingerprint density at radius 1 is 1.13 bits per heavy atom. The van der Waals surface area contributed by atoms with Crippen LogP contribution in [0.25, 0.3) is 12.2 Å². The molecule has 1 amide bonds. The quantitative estimate of drug-likeness (QED) is 0.613. The van der Waals surface area contributed by atoms with Crippen molar-refractivity contribution in [1.82, 2.24) is 0 Å². The van der Waals surface area contributed by atoms with Gasteiger partial charge in [-0.2, -0.15) is 0 Å². The molecule has 0 bridgehead atoms. The van der Waals surface area contributed by atoms with Crippen LogP contribution in [0.15, 0.2) is 30.3 Å². The Bertz CT molecular complexity index is 988. The van der Waals surface area contributed by atoms with Gasteiger partial charge in [0, 0.05) is 12.4 Å². The maximum Gasteiger partial charge on any atom is 0.241 e. The zero-order valence-electron chi connectivity index (χ0n) is 16.5. The molecule has 0 unspecified atom stereocenters. The molecule has 1 atom stereocenters. The van der Waals surface area contributed by atoms with Gasteiger partial charge >= 0.3 is 0 Å². The number of carbonyl (C=O) groups excluding carboxylic acids is 2. The van der Waals surface area contributed by atoms with Crippen molar-refractivity contribution in [2.24, 2.45) is 5.73 Å². The Labute approximate surface area is 173 Å². The molecule has 0 aliphatic carbocycles. The Morgan fingerprint density at radius 2 is 1.87 bits per heavy atom. The standard InChI is InChI=1S/C21H22N2O7/c1-27-16-6-5-12(7-15(16)23-21(26)14(22)10-19(24)25)3-4-13-8-17(28-2)20-18(9-13)29-11-30-20/h3-9,14H,10-11,22H2,1-2H3,(H,23,26)(H,24,25)/p-1/b4-3-/t14-/m0/s1. The second-order valence-electron chi connectivity index (χ2n) is 6.42. The molecular formula is C21H21N2O7-. The first-order chi connectivity index (χ1) is 14.4. The summed E-state index contributed by atoms with van der Waals surface area (Å²) in [6.07, 6.45) is 3.09. The van der Waals surface area contributed by atoms with Crippen LogP contribution < -0.4 is 35.1 Å². The Morgan fingerprint density at radius 3 is 2.57 bits per heavy atom. The van der Waals surface area contributed by atoms with Crippen molar-refractivity contribution in [3.8, 4) is 23.0 Å². The van der Waals surface area contributed by atoms with E-state index in [1.807, 2.05) is 24.3 Å². The second kappa shape index (κ2) is 9.19. The fourth-order valence-corrected chi connectivity index (χ4v) is 2.86. The average Bonchev–Trinajstić information content (AvgIpc) is 3.20. The van der Waals surface area contributed by atoms with Crippen molar-refractivity contribution in [2.45, 2.75) is 12.5 Å². The van der Waals surface area contributed by atoms with Gasteiger partial charge in [-0.05, 0) is 35.4 Å². The highest BCUT2D eigenvalue weighted by atomic mass is 16.7. The maximum atomic E-state index is 12.1. The lowest BCUT2D eigenvalue weighted by Crippen LogP contribution is -2.40. The van der Waals surface area contributed by atoms with Gasteiger partial charge in [-0.25, -0.2) is 0 Å². The van der Waals surface area contributed by atoms with Crippen molar-refractivity contribution in [2.75, 3.05) is 26.3 Å². The van der Waals surface area contributed by atoms with E-state index in [4.69, 9.17) is 24.7 Å². The van der Waals surface area contributed by atoms with Gasteiger partial charge < -0.3 is 39.9 Å². The molecule has 1 aliphatic rings. The number of ether oxygens (including phenoxy) is 4. The summed E-state index contributed by atoms with van der Waals surface area (Å²) in [5.74, 6) is 0.0790. The summed E-state index contributed by atoms with van der Waals surface area (Å²) in [5, 5.41) is 13.2. The van der Waals surface area contributed by atoms with Gasteiger partial charge in [-0.3, -0.25) is 4.79 Å². The number of benzene rings is 2. The molecule has 3 N–H and O–H groups in total. The summed E-state index contributed by atoms with van der Waals surface area (Å²) in [7, 11) is 3.01. The highest BCUT2D eigenvalue weighted by Gasteiger charge is 2.19. The van der Waals surface area contributed by atoms with Crippen LogP contribution in [0.5, 0.6) is 23.0 Å². The van der Waals surface area contributed by atoms with Crippen LogP contribution in [0.2, 0.25) is 0 Å². The first-order valence-corrected chi connectivity index (χ1v) is 9.01. The van der Waals surface area contributed by atoms with Gasteiger partial charge in [-0.15, -0.1) is 0 Å². The monoisotopic (exact) mass is 413 g/mol. The number of carbonyl (C=O) groups is 2. The largest absolute Gasteiger partial charge is 0.550 e. The topological polar surface area (TPSA) is 132 Å². The highest BCUT2D eigenvalue weighted by molar-refractivity contribution is 5.98. The maximum absolute atomic E-state index is 12.1. The molecular weight excluding hydrogens is 392 g/mol. The first-order valence-electron chi connectivity index (χ1n) is 9.01. The molecule has 30 heavy (non-hydrogen) atoms. The molecule has 2 aromatic carbocycles. The van der Waals surface area contributed by atoms with Crippen LogP contribution in [0.3, 0.4) is 0 Å². The minimum atomic E-state index is -1.40. The molecule has 0 saturated carbocycles. The number of rotatable bonds is 8. The average molecular weight is 413 g/mol. The van der Waals surface area contributed by atoms with Crippen LogP contribution in [0.4, 0.5) is 5.69 Å². The number of anilines is 1. The van der Waals surface area contributed by atoms with Crippen LogP contribution >= 0.6 is 0 Å². The molecule has 158 valence electrons. The number of nitrogens with one attached hydrogen (secondary N) is 1. The molecule has 0 aromatic heterocycles. The molecule has 0 fully saturated rings. The fraction of sp³-hybridized carbons (Fsp3) is 0.238. The lowest BCUT2D eigenvalue weighted by Gasteiger charge is -2.15. The van der Waals surface area contributed by atoms with E-state index in [2.05, 4.69) is 5.32 Å². The number of hydrogen-bond acceptors (Lipinski definition) is 8. The van der Waals surface area contributed by atoms with Crippen molar-refractivity contribution >= 4 is 29.7 Å². The molecule has 9 heteroatoms. The molecule has 0 radical (unpaired) electrons. The van der Waals surface area contributed by atoms with Gasteiger partial charge in [-0.1, -0.05) is 18.2 Å². The Kier molecular flexibility index (Phi) is 6.43. The normalized spacial score (nSPS) is 13.2. The molecule has 2 aromatic rings. The summed E-state index contributed by atoms with van der Waals surface area (Å²) >= 11 is 0. The number of carboxylic acid groups (broad SMARTS) is 1. The molecule has 9 nitrogen and oxygen atoms in total. The third-order valence-electron chi connectivity index (χ3n) is 4.35. The summed E-state index contributed by atoms with van der Waals surface area (Å²) in [4.78, 5) is 22.8. The summed E-state index contributed by atoms with van der Waals surface area (Å²) in [6.45, 7) is 0.139. The lowest BCUT2D eigenvalue weighted by atomic mass is 10.1. The number of aliphatic carboxylic acids is 1. The fourth-order valence-electron chi connectivity index (χ4n) is 2.86. The van der Waals surface area contributed by atoms with E-state index in [1.54, 1.807) is 25.3 Å². The third kappa shape index (κ3) is 4.81. The number of methoxy groups -OCH3 is 2. The van der Waals surface area contributed by atoms with Gasteiger partial charge in [0.1, 0.15) is 5.75 Å². The SMILES string of the molecule is COc1ccc(/C=C\c2cc(OC)c3c(c2)OCO3)cc1NC(=O)[C@@H](N)CC(=O)[O-]. The van der Waals surface area contributed by atoms with Gasteiger partial charge in [0.05, 0.1) is 25.9 Å². The van der Waals surface area contributed by atoms with Crippen molar-refractivity contribution in [3.05, 3.63) is 41.5 Å². The molecule has 3 rings (SSSR count). The number of hydrogen-bond donors (Lipinski definition) is 2. The van der Waals surface area contributed by atoms with E-state index in [1.165, 1.54) is 7.11 Å². The second-order valence-corrected chi connectivity index (χ2v) is 6.42. The zero-order valence-corrected chi connectivity index (χ0v) is 16.5. The van der Waals surface area contributed by atoms with Crippen molar-refractivity contribution in [1.29, 1.82) is 0 Å². The predicted octanol–water partition coefficient (Wildman–Crippen LogP) is 1.01. The van der Waals surface area contributed by atoms with Gasteiger partial charge in [0.15, 0.2) is 11.5 Å². The number of nitrogens with two attached hydrogens (primary N) is 1. The predicted molar refractivity (Wildman–Crippen MR) is 107 cm³/mol. The van der Waals surface area contributed by atoms with Crippen LogP contribution in [0.1, 0.15) is 17.5 Å². The van der Waals surface area contributed by atoms with E-state index in [0.29, 0.717) is 28.7 Å². The van der Waals surface area contributed by atoms with E-state index >= 15 is 0 Å². The summed E-state index contributed by atoms with van der Waals surface area (Å²) in [5.41, 5.74) is 7.53. The van der Waals surface area contributed by atoms with Gasteiger partial charge in [0.25, 0.3) is 0 Å². The molecule has 1 heterocycles.